The molecular formula is C7H10N2O. The number of hydrogen-bond donors (Lipinski definition) is 1. The van der Waals surface area contributed by atoms with Gasteiger partial charge in [0.2, 0.25) is 0 Å². The van der Waals surface area contributed by atoms with Crippen LogP contribution in [0.3, 0.4) is 0 Å². The summed E-state index contributed by atoms with van der Waals surface area (Å²) in [5, 5.41) is 9.06. The highest BCUT2D eigenvalue weighted by Gasteiger charge is 2.00. The van der Waals surface area contributed by atoms with Gasteiger partial charge in [-0.25, -0.2) is 9.97 Å². The Bertz CT molecular complexity index is 223. The maximum absolute atomic E-state index is 9.06. The van der Waals surface area contributed by atoms with Crippen LogP contribution in [-0.2, 0) is 0 Å². The number of nitrogens with zero attached hydrogens (tertiary/aromatic N) is 2. The molecule has 1 aromatic rings. The summed E-state index contributed by atoms with van der Waals surface area (Å²) < 4.78 is 0. The fourth-order valence-corrected chi connectivity index (χ4v) is 0.704. The summed E-state index contributed by atoms with van der Waals surface area (Å²) in [6.07, 6.45) is 0.957. The van der Waals surface area contributed by atoms with Gasteiger partial charge < -0.3 is 5.11 Å². The van der Waals surface area contributed by atoms with Crippen molar-refractivity contribution in [2.24, 2.45) is 0 Å². The molecule has 0 spiro atoms. The van der Waals surface area contributed by atoms with E-state index in [1.165, 1.54) is 6.33 Å². The number of aryl methyl sites for hydroxylation is 1. The minimum absolute atomic E-state index is 0.498. The molecule has 54 valence electrons. The van der Waals surface area contributed by atoms with E-state index in [9.17, 15) is 0 Å². The van der Waals surface area contributed by atoms with Gasteiger partial charge in [-0.15, -0.1) is 0 Å². The molecular weight excluding hydrogens is 128 g/mol. The van der Waals surface area contributed by atoms with Gasteiger partial charge in [-0.2, -0.15) is 0 Å². The highest BCUT2D eigenvalue weighted by atomic mass is 16.3. The van der Waals surface area contributed by atoms with Gasteiger partial charge in [-0.3, -0.25) is 0 Å². The van der Waals surface area contributed by atoms with Gasteiger partial charge in [-0.1, -0.05) is 0 Å². The van der Waals surface area contributed by atoms with Gasteiger partial charge in [0.1, 0.15) is 6.33 Å². The van der Waals surface area contributed by atoms with Crippen LogP contribution in [-0.4, -0.2) is 15.1 Å². The zero-order valence-corrected chi connectivity index (χ0v) is 6.07. The minimum Gasteiger partial charge on any atom is -0.387 e. The summed E-state index contributed by atoms with van der Waals surface area (Å²) in [6, 6.07) is 1.77. The van der Waals surface area contributed by atoms with E-state index in [-0.39, 0.29) is 0 Å². The van der Waals surface area contributed by atoms with E-state index >= 15 is 0 Å². The van der Waals surface area contributed by atoms with E-state index < -0.39 is 6.10 Å². The Balaban J connectivity index is 2.96. The normalized spacial score (nSPS) is 13.1. The molecule has 0 amide bonds. The van der Waals surface area contributed by atoms with Crippen LogP contribution in [0.2, 0.25) is 0 Å². The summed E-state index contributed by atoms with van der Waals surface area (Å²) in [5.74, 6) is 0. The van der Waals surface area contributed by atoms with Crippen LogP contribution >= 0.6 is 0 Å². The quantitative estimate of drug-likeness (QED) is 0.625. The predicted molar refractivity (Wildman–Crippen MR) is 37.4 cm³/mol. The second-order valence-corrected chi connectivity index (χ2v) is 2.26. The first kappa shape index (κ1) is 7.15. The smallest absolute Gasteiger partial charge is 0.116 e. The number of rotatable bonds is 1. The number of hydrogen-bond acceptors (Lipinski definition) is 3. The predicted octanol–water partition coefficient (Wildman–Crippen LogP) is 0.838. The third-order valence-electron chi connectivity index (χ3n) is 1.25. The fraction of sp³-hybridized carbons (Fsp3) is 0.429. The van der Waals surface area contributed by atoms with Crippen LogP contribution in [0.4, 0.5) is 0 Å². The molecule has 1 rings (SSSR count). The van der Waals surface area contributed by atoms with E-state index in [1.54, 1.807) is 13.0 Å². The molecule has 1 atom stereocenters. The molecule has 0 saturated carbocycles. The average Bonchev–Trinajstić information content (AvgIpc) is 1.88. The highest BCUT2D eigenvalue weighted by molar-refractivity contribution is 5.07. The maximum atomic E-state index is 9.06. The second-order valence-electron chi connectivity index (χ2n) is 2.26. The lowest BCUT2D eigenvalue weighted by atomic mass is 10.2. The molecule has 0 bridgehead atoms. The van der Waals surface area contributed by atoms with Gasteiger partial charge in [0.05, 0.1) is 11.8 Å². The Morgan fingerprint density at radius 1 is 1.50 bits per heavy atom. The first-order chi connectivity index (χ1) is 4.70. The molecule has 3 heteroatoms. The summed E-state index contributed by atoms with van der Waals surface area (Å²) in [4.78, 5) is 7.78. The van der Waals surface area contributed by atoms with E-state index in [0.717, 1.165) is 5.69 Å². The molecule has 10 heavy (non-hydrogen) atoms. The van der Waals surface area contributed by atoms with E-state index in [4.69, 9.17) is 5.11 Å². The van der Waals surface area contributed by atoms with E-state index in [1.807, 2.05) is 6.92 Å². The lowest BCUT2D eigenvalue weighted by molar-refractivity contribution is 0.194. The summed E-state index contributed by atoms with van der Waals surface area (Å²) in [6.45, 7) is 3.55. The molecule has 0 aliphatic rings. The molecule has 1 heterocycles. The zero-order chi connectivity index (χ0) is 7.56. The van der Waals surface area contributed by atoms with Crippen LogP contribution < -0.4 is 0 Å². The molecule has 1 unspecified atom stereocenters. The van der Waals surface area contributed by atoms with Crippen LogP contribution in [0.1, 0.15) is 24.4 Å². The molecule has 0 aliphatic heterocycles. The molecule has 0 radical (unpaired) electrons. The third kappa shape index (κ3) is 1.51. The van der Waals surface area contributed by atoms with Gasteiger partial charge in [-0.05, 0) is 19.9 Å². The zero-order valence-electron chi connectivity index (χ0n) is 6.07. The van der Waals surface area contributed by atoms with Crippen molar-refractivity contribution >= 4 is 0 Å². The third-order valence-corrected chi connectivity index (χ3v) is 1.25. The van der Waals surface area contributed by atoms with Gasteiger partial charge in [0, 0.05) is 5.69 Å². The lowest BCUT2D eigenvalue weighted by Crippen LogP contribution is -1.96. The van der Waals surface area contributed by atoms with Gasteiger partial charge in [0.15, 0.2) is 0 Å². The Labute approximate surface area is 59.8 Å². The second kappa shape index (κ2) is 2.75. The topological polar surface area (TPSA) is 46.0 Å². The van der Waals surface area contributed by atoms with Crippen molar-refractivity contribution in [3.63, 3.8) is 0 Å². The SMILES string of the molecule is Cc1cc(C(C)O)ncn1. The molecule has 0 saturated heterocycles. The highest BCUT2D eigenvalue weighted by Crippen LogP contribution is 2.07. The largest absolute Gasteiger partial charge is 0.387 e. The molecule has 3 nitrogen and oxygen atoms in total. The monoisotopic (exact) mass is 138 g/mol. The van der Waals surface area contributed by atoms with Crippen molar-refractivity contribution in [3.05, 3.63) is 23.8 Å². The number of aromatic nitrogens is 2. The average molecular weight is 138 g/mol. The number of aliphatic hydroxyl groups excluding tert-OH is 1. The summed E-state index contributed by atoms with van der Waals surface area (Å²) in [5.41, 5.74) is 1.55. The summed E-state index contributed by atoms with van der Waals surface area (Å²) in [7, 11) is 0. The fourth-order valence-electron chi connectivity index (χ4n) is 0.704. The van der Waals surface area contributed by atoms with Crippen molar-refractivity contribution in [2.75, 3.05) is 0 Å². The van der Waals surface area contributed by atoms with Crippen molar-refractivity contribution in [1.29, 1.82) is 0 Å². The van der Waals surface area contributed by atoms with Crippen molar-refractivity contribution in [3.8, 4) is 0 Å². The van der Waals surface area contributed by atoms with E-state index in [0.29, 0.717) is 5.69 Å². The lowest BCUT2D eigenvalue weighted by Gasteiger charge is -2.01. The molecule has 1 aromatic heterocycles. The molecule has 1 N–H and O–H groups in total. The van der Waals surface area contributed by atoms with Crippen molar-refractivity contribution in [2.45, 2.75) is 20.0 Å². The van der Waals surface area contributed by atoms with Gasteiger partial charge in [0.25, 0.3) is 0 Å². The Morgan fingerprint density at radius 2 is 2.20 bits per heavy atom. The maximum Gasteiger partial charge on any atom is 0.116 e. The van der Waals surface area contributed by atoms with Crippen LogP contribution in [0, 0.1) is 6.92 Å². The van der Waals surface area contributed by atoms with Crippen molar-refractivity contribution < 1.29 is 5.11 Å². The first-order valence-corrected chi connectivity index (χ1v) is 3.17. The molecule has 0 aliphatic carbocycles. The van der Waals surface area contributed by atoms with Crippen LogP contribution in [0.15, 0.2) is 12.4 Å². The first-order valence-electron chi connectivity index (χ1n) is 3.17. The Morgan fingerprint density at radius 3 is 2.60 bits per heavy atom. The van der Waals surface area contributed by atoms with Crippen molar-refractivity contribution in [1.82, 2.24) is 9.97 Å². The molecule has 0 fully saturated rings. The van der Waals surface area contributed by atoms with E-state index in [2.05, 4.69) is 9.97 Å². The minimum atomic E-state index is -0.498. The van der Waals surface area contributed by atoms with Gasteiger partial charge >= 0.3 is 0 Å². The molecule has 0 aromatic carbocycles. The Hall–Kier alpha value is -0.960. The Kier molecular flexibility index (Phi) is 1.97. The van der Waals surface area contributed by atoms with Crippen LogP contribution in [0.25, 0.3) is 0 Å². The summed E-state index contributed by atoms with van der Waals surface area (Å²) >= 11 is 0. The standard InChI is InChI=1S/C7H10N2O/c1-5-3-7(6(2)10)9-4-8-5/h3-4,6,10H,1-2H3. The number of aliphatic hydroxyl groups is 1. The van der Waals surface area contributed by atoms with Crippen LogP contribution in [0.5, 0.6) is 0 Å².